The summed E-state index contributed by atoms with van der Waals surface area (Å²) in [4.78, 5) is 11.5. The number of benzene rings is 1. The maximum absolute atomic E-state index is 11.5. The van der Waals surface area contributed by atoms with Gasteiger partial charge in [0.25, 0.3) is 0 Å². The van der Waals surface area contributed by atoms with Gasteiger partial charge in [-0.1, -0.05) is 12.1 Å². The molecule has 3 N–H and O–H groups in total. The topological polar surface area (TPSA) is 53.2 Å². The van der Waals surface area contributed by atoms with Gasteiger partial charge in [0.1, 0.15) is 0 Å². The summed E-state index contributed by atoms with van der Waals surface area (Å²) in [6, 6.07) is 7.62. The Kier molecular flexibility index (Phi) is 3.23. The third-order valence-corrected chi connectivity index (χ3v) is 2.93. The molecule has 1 heterocycles. The number of carbonyl (C=O) groups excluding carboxylic acids is 1. The second-order valence-corrected chi connectivity index (χ2v) is 4.29. The Bertz CT molecular complexity index is 365. The van der Waals surface area contributed by atoms with E-state index in [4.69, 9.17) is 0 Å². The van der Waals surface area contributed by atoms with Gasteiger partial charge < -0.3 is 16.0 Å². The van der Waals surface area contributed by atoms with Gasteiger partial charge in [-0.05, 0) is 28.1 Å². The number of rotatable bonds is 2. The van der Waals surface area contributed by atoms with Gasteiger partial charge in [0.15, 0.2) is 0 Å². The van der Waals surface area contributed by atoms with Crippen molar-refractivity contribution in [2.45, 2.75) is 6.04 Å². The standard InChI is InChI=1S/C10H12BrN3O/c11-8-3-1-2-4-9(8)14-10(15)13-7-5-12-6-7/h1-4,7,12H,5-6H2,(H2,13,14,15). The van der Waals surface area contributed by atoms with Crippen LogP contribution >= 0.6 is 15.9 Å². The van der Waals surface area contributed by atoms with Gasteiger partial charge in [-0.25, -0.2) is 4.79 Å². The number of urea groups is 1. The summed E-state index contributed by atoms with van der Waals surface area (Å²) in [5, 5.41) is 8.73. The molecule has 0 saturated carbocycles. The van der Waals surface area contributed by atoms with Crippen molar-refractivity contribution in [2.75, 3.05) is 18.4 Å². The van der Waals surface area contributed by atoms with Crippen molar-refractivity contribution < 1.29 is 4.79 Å². The summed E-state index contributed by atoms with van der Waals surface area (Å²) >= 11 is 3.37. The molecule has 15 heavy (non-hydrogen) atoms. The lowest BCUT2D eigenvalue weighted by Crippen LogP contribution is -2.57. The zero-order valence-electron chi connectivity index (χ0n) is 8.09. The van der Waals surface area contributed by atoms with Gasteiger partial charge in [-0.15, -0.1) is 0 Å². The van der Waals surface area contributed by atoms with Crippen LogP contribution in [0.4, 0.5) is 10.5 Å². The number of hydrogen-bond donors (Lipinski definition) is 3. The highest BCUT2D eigenvalue weighted by Crippen LogP contribution is 2.20. The summed E-state index contributed by atoms with van der Waals surface area (Å²) in [5.41, 5.74) is 0.780. The average Bonchev–Trinajstić information content (AvgIpc) is 2.16. The summed E-state index contributed by atoms with van der Waals surface area (Å²) < 4.78 is 0.881. The molecule has 0 aliphatic carbocycles. The van der Waals surface area contributed by atoms with E-state index in [9.17, 15) is 4.79 Å². The molecule has 4 nitrogen and oxygen atoms in total. The Labute approximate surface area is 96.6 Å². The molecule has 5 heteroatoms. The molecule has 0 bridgehead atoms. The van der Waals surface area contributed by atoms with E-state index in [2.05, 4.69) is 31.9 Å². The van der Waals surface area contributed by atoms with Crippen LogP contribution < -0.4 is 16.0 Å². The van der Waals surface area contributed by atoms with E-state index in [1.807, 2.05) is 24.3 Å². The minimum Gasteiger partial charge on any atom is -0.333 e. The van der Waals surface area contributed by atoms with Crippen molar-refractivity contribution in [1.82, 2.24) is 10.6 Å². The Morgan fingerprint density at radius 2 is 2.13 bits per heavy atom. The molecule has 0 spiro atoms. The van der Waals surface area contributed by atoms with Crippen molar-refractivity contribution in [3.63, 3.8) is 0 Å². The molecule has 1 aliphatic rings. The summed E-state index contributed by atoms with van der Waals surface area (Å²) in [7, 11) is 0. The minimum absolute atomic E-state index is 0.159. The molecule has 2 rings (SSSR count). The minimum atomic E-state index is -0.159. The van der Waals surface area contributed by atoms with Gasteiger partial charge >= 0.3 is 6.03 Å². The van der Waals surface area contributed by atoms with Crippen molar-refractivity contribution in [3.05, 3.63) is 28.7 Å². The molecule has 1 fully saturated rings. The maximum Gasteiger partial charge on any atom is 0.319 e. The SMILES string of the molecule is O=C(Nc1ccccc1Br)NC1CNC1. The van der Waals surface area contributed by atoms with Crippen LogP contribution in [0.2, 0.25) is 0 Å². The quantitative estimate of drug-likeness (QED) is 0.763. The molecule has 1 saturated heterocycles. The molecular formula is C10H12BrN3O. The monoisotopic (exact) mass is 269 g/mol. The number of para-hydroxylation sites is 1. The van der Waals surface area contributed by atoms with Gasteiger partial charge in [0, 0.05) is 17.6 Å². The third kappa shape index (κ3) is 2.70. The van der Waals surface area contributed by atoms with Gasteiger partial charge in [0.05, 0.1) is 11.7 Å². The molecule has 80 valence electrons. The third-order valence-electron chi connectivity index (χ3n) is 2.24. The Morgan fingerprint density at radius 1 is 1.40 bits per heavy atom. The highest BCUT2D eigenvalue weighted by atomic mass is 79.9. The van der Waals surface area contributed by atoms with E-state index in [0.29, 0.717) is 0 Å². The highest BCUT2D eigenvalue weighted by molar-refractivity contribution is 9.10. The van der Waals surface area contributed by atoms with E-state index in [-0.39, 0.29) is 12.1 Å². The summed E-state index contributed by atoms with van der Waals surface area (Å²) in [5.74, 6) is 0. The van der Waals surface area contributed by atoms with E-state index in [1.165, 1.54) is 0 Å². The van der Waals surface area contributed by atoms with Crippen LogP contribution in [0.25, 0.3) is 0 Å². The number of hydrogen-bond acceptors (Lipinski definition) is 2. The largest absolute Gasteiger partial charge is 0.333 e. The van der Waals surface area contributed by atoms with Gasteiger partial charge in [-0.3, -0.25) is 0 Å². The van der Waals surface area contributed by atoms with E-state index < -0.39 is 0 Å². The van der Waals surface area contributed by atoms with Crippen molar-refractivity contribution in [2.24, 2.45) is 0 Å². The first-order chi connectivity index (χ1) is 7.25. The van der Waals surface area contributed by atoms with Crippen LogP contribution in [0.3, 0.4) is 0 Å². The molecule has 1 aliphatic heterocycles. The van der Waals surface area contributed by atoms with Crippen LogP contribution in [0.15, 0.2) is 28.7 Å². The molecule has 0 aromatic heterocycles. The Balaban J connectivity index is 1.90. The number of anilines is 1. The lowest BCUT2D eigenvalue weighted by molar-refractivity contribution is 0.243. The highest BCUT2D eigenvalue weighted by Gasteiger charge is 2.18. The van der Waals surface area contributed by atoms with Crippen molar-refractivity contribution in [3.8, 4) is 0 Å². The normalized spacial score (nSPS) is 15.5. The smallest absolute Gasteiger partial charge is 0.319 e. The second-order valence-electron chi connectivity index (χ2n) is 3.43. The van der Waals surface area contributed by atoms with Crippen molar-refractivity contribution in [1.29, 1.82) is 0 Å². The first-order valence-electron chi connectivity index (χ1n) is 4.78. The lowest BCUT2D eigenvalue weighted by Gasteiger charge is -2.27. The van der Waals surface area contributed by atoms with Crippen LogP contribution in [0.5, 0.6) is 0 Å². The number of nitrogens with one attached hydrogen (secondary N) is 3. The van der Waals surface area contributed by atoms with Gasteiger partial charge in [0.2, 0.25) is 0 Å². The first-order valence-corrected chi connectivity index (χ1v) is 5.58. The van der Waals surface area contributed by atoms with E-state index in [1.54, 1.807) is 0 Å². The number of halogens is 1. The summed E-state index contributed by atoms with van der Waals surface area (Å²) in [6.07, 6.45) is 0. The molecular weight excluding hydrogens is 258 g/mol. The van der Waals surface area contributed by atoms with Crippen LogP contribution in [-0.4, -0.2) is 25.2 Å². The molecule has 1 aromatic rings. The molecule has 0 atom stereocenters. The Hall–Kier alpha value is -1.07. The second kappa shape index (κ2) is 4.63. The zero-order chi connectivity index (χ0) is 10.7. The van der Waals surface area contributed by atoms with E-state index >= 15 is 0 Å². The predicted octanol–water partition coefficient (Wildman–Crippen LogP) is 1.54. The molecule has 1 aromatic carbocycles. The van der Waals surface area contributed by atoms with Crippen molar-refractivity contribution >= 4 is 27.6 Å². The molecule has 0 radical (unpaired) electrons. The Morgan fingerprint density at radius 3 is 2.73 bits per heavy atom. The number of amides is 2. The average molecular weight is 270 g/mol. The van der Waals surface area contributed by atoms with E-state index in [0.717, 1.165) is 23.2 Å². The van der Waals surface area contributed by atoms with Gasteiger partial charge in [-0.2, -0.15) is 0 Å². The van der Waals surface area contributed by atoms with Crippen LogP contribution in [0.1, 0.15) is 0 Å². The first kappa shape index (κ1) is 10.4. The fourth-order valence-electron chi connectivity index (χ4n) is 1.30. The predicted molar refractivity (Wildman–Crippen MR) is 63.0 cm³/mol. The van der Waals surface area contributed by atoms with Crippen LogP contribution in [0, 0.1) is 0 Å². The zero-order valence-corrected chi connectivity index (χ0v) is 9.67. The molecule has 2 amide bonds. The molecule has 0 unspecified atom stereocenters. The summed E-state index contributed by atoms with van der Waals surface area (Å²) in [6.45, 7) is 1.70. The number of carbonyl (C=O) groups is 1. The maximum atomic E-state index is 11.5. The fourth-order valence-corrected chi connectivity index (χ4v) is 1.68. The van der Waals surface area contributed by atoms with Crippen LogP contribution in [-0.2, 0) is 0 Å². The fraction of sp³-hybridized carbons (Fsp3) is 0.300. The lowest BCUT2D eigenvalue weighted by atomic mass is 10.2.